The normalized spacial score (nSPS) is 21.7. The van der Waals surface area contributed by atoms with Crippen LogP contribution in [0.15, 0.2) is 24.3 Å². The molecule has 1 heterocycles. The van der Waals surface area contributed by atoms with Crippen LogP contribution in [0.5, 0.6) is 5.75 Å². The molecule has 0 bridgehead atoms. The zero-order valence-electron chi connectivity index (χ0n) is 15.1. The molecule has 1 saturated carbocycles. The minimum Gasteiger partial charge on any atom is -0.434 e. The van der Waals surface area contributed by atoms with Crippen LogP contribution in [0.3, 0.4) is 0 Å². The number of halogens is 2. The molecule has 0 N–H and O–H groups in total. The fourth-order valence-electron chi connectivity index (χ4n) is 4.08. The molecule has 2 fully saturated rings. The molecule has 26 heavy (non-hydrogen) atoms. The molecule has 1 saturated heterocycles. The lowest BCUT2D eigenvalue weighted by Gasteiger charge is -2.34. The highest BCUT2D eigenvalue weighted by Gasteiger charge is 2.35. The minimum absolute atomic E-state index is 0.233. The van der Waals surface area contributed by atoms with Gasteiger partial charge >= 0.3 is 12.6 Å². The van der Waals surface area contributed by atoms with E-state index in [-0.39, 0.29) is 17.8 Å². The third-order valence-corrected chi connectivity index (χ3v) is 5.19. The highest BCUT2D eigenvalue weighted by atomic mass is 19.3. The maximum atomic E-state index is 12.7. The summed E-state index contributed by atoms with van der Waals surface area (Å²) in [5.74, 6) is -0.0749. The van der Waals surface area contributed by atoms with Crippen LogP contribution >= 0.6 is 0 Å². The first kappa shape index (κ1) is 19.0. The van der Waals surface area contributed by atoms with E-state index in [0.717, 1.165) is 24.8 Å². The van der Waals surface area contributed by atoms with Gasteiger partial charge in [-0.05, 0) is 25.3 Å². The summed E-state index contributed by atoms with van der Waals surface area (Å²) in [6.45, 7) is 0.477. The number of hydroxylamine groups is 2. The average Bonchev–Trinajstić information content (AvgIpc) is 3.25. The molecule has 1 aromatic rings. The average molecular weight is 368 g/mol. The van der Waals surface area contributed by atoms with Gasteiger partial charge in [-0.15, -0.1) is 5.06 Å². The number of benzene rings is 1. The first-order chi connectivity index (χ1) is 12.5. The molecule has 0 spiro atoms. The molecule has 7 heteroatoms. The highest BCUT2D eigenvalue weighted by molar-refractivity contribution is 5.65. The number of rotatable bonds is 7. The standard InChI is InChI=1S/C19H26F2N2O3/c1-14(24)26-22-11-10-17(13-22)23(16-7-3-4-8-16)12-15-6-2-5-9-18(15)25-19(20)21/h2,5-6,9,16-17,19H,3-4,7-8,10-13H2,1H3/t17-/m0/s1. The molecular weight excluding hydrogens is 342 g/mol. The molecule has 0 unspecified atom stereocenters. The number of hydrogen-bond donors (Lipinski definition) is 0. The highest BCUT2D eigenvalue weighted by Crippen LogP contribution is 2.32. The molecule has 1 aliphatic heterocycles. The van der Waals surface area contributed by atoms with Crippen molar-refractivity contribution in [2.75, 3.05) is 13.1 Å². The molecule has 144 valence electrons. The number of carbonyl (C=O) groups excluding carboxylic acids is 1. The van der Waals surface area contributed by atoms with Crippen molar-refractivity contribution in [2.24, 2.45) is 0 Å². The molecule has 1 aromatic carbocycles. The zero-order valence-corrected chi connectivity index (χ0v) is 15.1. The van der Waals surface area contributed by atoms with Gasteiger partial charge in [0.25, 0.3) is 0 Å². The van der Waals surface area contributed by atoms with Crippen LogP contribution in [-0.2, 0) is 16.2 Å². The van der Waals surface area contributed by atoms with Crippen LogP contribution in [0.2, 0.25) is 0 Å². The van der Waals surface area contributed by atoms with E-state index in [1.807, 2.05) is 12.1 Å². The predicted molar refractivity (Wildman–Crippen MR) is 92.6 cm³/mol. The molecule has 0 radical (unpaired) electrons. The first-order valence-corrected chi connectivity index (χ1v) is 9.25. The molecule has 0 aromatic heterocycles. The number of ether oxygens (including phenoxy) is 1. The summed E-state index contributed by atoms with van der Waals surface area (Å²) in [6.07, 6.45) is 5.50. The van der Waals surface area contributed by atoms with Crippen LogP contribution in [0, 0.1) is 0 Å². The summed E-state index contributed by atoms with van der Waals surface area (Å²) in [4.78, 5) is 18.8. The third kappa shape index (κ3) is 4.92. The number of carbonyl (C=O) groups is 1. The number of alkyl halides is 2. The first-order valence-electron chi connectivity index (χ1n) is 9.25. The Labute approximate surface area is 152 Å². The van der Waals surface area contributed by atoms with Crippen molar-refractivity contribution in [1.29, 1.82) is 0 Å². The molecule has 0 amide bonds. The van der Waals surface area contributed by atoms with Crippen molar-refractivity contribution in [2.45, 2.75) is 64.3 Å². The lowest BCUT2D eigenvalue weighted by Crippen LogP contribution is -2.43. The Morgan fingerprint density at radius 1 is 1.23 bits per heavy atom. The lowest BCUT2D eigenvalue weighted by molar-refractivity contribution is -0.183. The molecule has 1 atom stereocenters. The van der Waals surface area contributed by atoms with Gasteiger partial charge in [-0.3, -0.25) is 9.69 Å². The maximum absolute atomic E-state index is 12.7. The van der Waals surface area contributed by atoms with E-state index in [1.165, 1.54) is 19.8 Å². The maximum Gasteiger partial charge on any atom is 0.387 e. The lowest BCUT2D eigenvalue weighted by atomic mass is 10.1. The number of hydrogen-bond acceptors (Lipinski definition) is 5. The Bertz CT molecular complexity index is 608. The molecule has 2 aliphatic rings. The van der Waals surface area contributed by atoms with Gasteiger partial charge in [-0.25, -0.2) is 0 Å². The SMILES string of the molecule is CC(=O)ON1CC[C@H](N(Cc2ccccc2OC(F)F)C2CCCC2)C1. The van der Waals surface area contributed by atoms with Gasteiger partial charge in [-0.1, -0.05) is 31.0 Å². The minimum atomic E-state index is -2.83. The Balaban J connectivity index is 1.74. The second kappa shape index (κ2) is 8.77. The van der Waals surface area contributed by atoms with Crippen molar-refractivity contribution >= 4 is 5.97 Å². The van der Waals surface area contributed by atoms with Gasteiger partial charge in [0.05, 0.1) is 6.54 Å². The smallest absolute Gasteiger partial charge is 0.387 e. The molecular formula is C19H26F2N2O3. The monoisotopic (exact) mass is 368 g/mol. The second-order valence-corrected chi connectivity index (χ2v) is 7.01. The summed E-state index contributed by atoms with van der Waals surface area (Å²) >= 11 is 0. The largest absolute Gasteiger partial charge is 0.434 e. The van der Waals surface area contributed by atoms with Gasteiger partial charge in [0, 0.05) is 37.7 Å². The van der Waals surface area contributed by atoms with E-state index in [0.29, 0.717) is 25.7 Å². The van der Waals surface area contributed by atoms with E-state index in [9.17, 15) is 13.6 Å². The van der Waals surface area contributed by atoms with E-state index in [4.69, 9.17) is 9.57 Å². The zero-order chi connectivity index (χ0) is 18.5. The predicted octanol–water partition coefficient (Wildman–Crippen LogP) is 3.59. The fraction of sp³-hybridized carbons (Fsp3) is 0.632. The molecule has 1 aliphatic carbocycles. The molecule has 5 nitrogen and oxygen atoms in total. The van der Waals surface area contributed by atoms with Crippen LogP contribution in [0.25, 0.3) is 0 Å². The quantitative estimate of drug-likeness (QED) is 0.736. The van der Waals surface area contributed by atoms with E-state index in [1.54, 1.807) is 17.2 Å². The van der Waals surface area contributed by atoms with Crippen molar-refractivity contribution in [1.82, 2.24) is 9.96 Å². The van der Waals surface area contributed by atoms with Crippen molar-refractivity contribution < 1.29 is 23.1 Å². The fourth-order valence-corrected chi connectivity index (χ4v) is 4.08. The van der Waals surface area contributed by atoms with Gasteiger partial charge in [0.1, 0.15) is 5.75 Å². The van der Waals surface area contributed by atoms with Gasteiger partial charge in [0.2, 0.25) is 0 Å². The van der Waals surface area contributed by atoms with Crippen LogP contribution < -0.4 is 4.74 Å². The Morgan fingerprint density at radius 2 is 1.96 bits per heavy atom. The van der Waals surface area contributed by atoms with E-state index >= 15 is 0 Å². The Morgan fingerprint density at radius 3 is 2.65 bits per heavy atom. The van der Waals surface area contributed by atoms with E-state index in [2.05, 4.69) is 4.90 Å². The van der Waals surface area contributed by atoms with Crippen LogP contribution in [0.4, 0.5) is 8.78 Å². The summed E-state index contributed by atoms with van der Waals surface area (Å²) < 4.78 is 30.1. The van der Waals surface area contributed by atoms with Crippen LogP contribution in [-0.4, -0.2) is 47.7 Å². The van der Waals surface area contributed by atoms with Crippen molar-refractivity contribution in [3.63, 3.8) is 0 Å². The van der Waals surface area contributed by atoms with Crippen LogP contribution in [0.1, 0.15) is 44.6 Å². The second-order valence-electron chi connectivity index (χ2n) is 7.01. The Hall–Kier alpha value is -1.73. The summed E-state index contributed by atoms with van der Waals surface area (Å²) in [5, 5.41) is 1.70. The summed E-state index contributed by atoms with van der Waals surface area (Å²) in [7, 11) is 0. The van der Waals surface area contributed by atoms with Gasteiger partial charge in [-0.2, -0.15) is 8.78 Å². The number of nitrogens with zero attached hydrogens (tertiary/aromatic N) is 2. The Kier molecular flexibility index (Phi) is 6.43. The molecule has 3 rings (SSSR count). The van der Waals surface area contributed by atoms with E-state index < -0.39 is 6.61 Å². The summed E-state index contributed by atoms with van der Waals surface area (Å²) in [5.41, 5.74) is 0.769. The number of para-hydroxylation sites is 1. The van der Waals surface area contributed by atoms with Gasteiger partial charge < -0.3 is 9.57 Å². The summed E-state index contributed by atoms with van der Waals surface area (Å²) in [6, 6.07) is 7.65. The van der Waals surface area contributed by atoms with Crippen molar-refractivity contribution in [3.8, 4) is 5.75 Å². The topological polar surface area (TPSA) is 42.0 Å². The van der Waals surface area contributed by atoms with Crippen molar-refractivity contribution in [3.05, 3.63) is 29.8 Å². The van der Waals surface area contributed by atoms with Gasteiger partial charge in [0.15, 0.2) is 0 Å². The third-order valence-electron chi connectivity index (χ3n) is 5.19.